The fourth-order valence-corrected chi connectivity index (χ4v) is 5.76. The fourth-order valence-electron chi connectivity index (χ4n) is 5.76. The molecule has 0 saturated carbocycles. The Labute approximate surface area is 232 Å². The Morgan fingerprint density at radius 1 is 0.949 bits per heavy atom. The molecule has 1 aliphatic heterocycles. The number of ether oxygens (including phenoxy) is 1. The lowest BCUT2D eigenvalue weighted by Crippen LogP contribution is -2.26. The average Bonchev–Trinajstić information content (AvgIpc) is 3.15. The highest BCUT2D eigenvalue weighted by molar-refractivity contribution is 5.94. The van der Waals surface area contributed by atoms with E-state index in [0.29, 0.717) is 18.7 Å². The van der Waals surface area contributed by atoms with Crippen molar-refractivity contribution in [2.45, 2.75) is 52.5 Å². The van der Waals surface area contributed by atoms with E-state index >= 15 is 0 Å². The van der Waals surface area contributed by atoms with Gasteiger partial charge in [-0.15, -0.1) is 0 Å². The molecule has 39 heavy (non-hydrogen) atoms. The summed E-state index contributed by atoms with van der Waals surface area (Å²) in [4.78, 5) is 15.6. The number of rotatable bonds is 4. The van der Waals surface area contributed by atoms with Gasteiger partial charge < -0.3 is 19.5 Å². The number of amides is 1. The first kappa shape index (κ1) is 27.0. The molecule has 1 amide bonds. The van der Waals surface area contributed by atoms with Crippen LogP contribution in [0.2, 0.25) is 0 Å². The zero-order valence-electron chi connectivity index (χ0n) is 23.8. The molecule has 4 aromatic rings. The number of nitrogens with one attached hydrogen (secondary N) is 1. The Hall–Kier alpha value is -3.57. The van der Waals surface area contributed by atoms with Crippen molar-refractivity contribution in [1.29, 1.82) is 0 Å². The standard InChI is InChI=1S/C34H41N3O2/c1-24-11-13-31-30(25(2)37(4)32(31)19-24)15-16-35-34(38)28-12-14-33-29(22-28)21-26-9-8-10-27(20-26)23-36(3)17-6-5-7-18-39-33/h8-14,19-20,22H,5-7,15-18,21,23H2,1-4H3,(H,35,38). The summed E-state index contributed by atoms with van der Waals surface area (Å²) in [5.74, 6) is 0.842. The van der Waals surface area contributed by atoms with Crippen LogP contribution in [0.1, 0.15) is 63.1 Å². The van der Waals surface area contributed by atoms with E-state index in [9.17, 15) is 4.79 Å². The smallest absolute Gasteiger partial charge is 0.251 e. The van der Waals surface area contributed by atoms with Gasteiger partial charge in [-0.05, 0) is 105 Å². The summed E-state index contributed by atoms with van der Waals surface area (Å²) < 4.78 is 8.47. The first-order chi connectivity index (χ1) is 18.9. The van der Waals surface area contributed by atoms with Gasteiger partial charge in [0.05, 0.1) is 6.61 Å². The van der Waals surface area contributed by atoms with Crippen LogP contribution in [-0.2, 0) is 26.4 Å². The van der Waals surface area contributed by atoms with E-state index in [2.05, 4.69) is 85.2 Å². The quantitative estimate of drug-likeness (QED) is 0.339. The summed E-state index contributed by atoms with van der Waals surface area (Å²) in [5.41, 5.74) is 9.36. The highest BCUT2D eigenvalue weighted by atomic mass is 16.5. The number of aryl methyl sites for hydroxylation is 2. The second-order valence-corrected chi connectivity index (χ2v) is 11.1. The molecule has 3 aromatic carbocycles. The van der Waals surface area contributed by atoms with E-state index < -0.39 is 0 Å². The zero-order valence-corrected chi connectivity index (χ0v) is 23.8. The van der Waals surface area contributed by atoms with Gasteiger partial charge in [-0.2, -0.15) is 0 Å². The normalized spacial score (nSPS) is 14.9. The maximum absolute atomic E-state index is 13.2. The molecule has 0 unspecified atom stereocenters. The van der Waals surface area contributed by atoms with Gasteiger partial charge in [-0.3, -0.25) is 4.79 Å². The lowest BCUT2D eigenvalue weighted by molar-refractivity contribution is 0.0954. The van der Waals surface area contributed by atoms with Crippen molar-refractivity contribution >= 4 is 16.8 Å². The summed E-state index contributed by atoms with van der Waals surface area (Å²) in [6, 6.07) is 21.3. The van der Waals surface area contributed by atoms with Crippen LogP contribution in [0.4, 0.5) is 0 Å². The molecular formula is C34H41N3O2. The highest BCUT2D eigenvalue weighted by Gasteiger charge is 2.15. The molecule has 204 valence electrons. The second kappa shape index (κ2) is 12.1. The predicted octanol–water partition coefficient (Wildman–Crippen LogP) is 6.35. The Morgan fingerprint density at radius 2 is 1.79 bits per heavy atom. The van der Waals surface area contributed by atoms with Crippen molar-refractivity contribution in [3.8, 4) is 5.75 Å². The molecule has 5 nitrogen and oxygen atoms in total. The Bertz CT molecular complexity index is 1470. The second-order valence-electron chi connectivity index (χ2n) is 11.1. The van der Waals surface area contributed by atoms with Gasteiger partial charge in [0.2, 0.25) is 0 Å². The van der Waals surface area contributed by atoms with Crippen LogP contribution >= 0.6 is 0 Å². The number of carbonyl (C=O) groups is 1. The monoisotopic (exact) mass is 523 g/mol. The number of nitrogens with zero attached hydrogens (tertiary/aromatic N) is 2. The van der Waals surface area contributed by atoms with Crippen LogP contribution in [0.15, 0.2) is 60.7 Å². The molecule has 1 aliphatic rings. The summed E-state index contributed by atoms with van der Waals surface area (Å²) >= 11 is 0. The molecule has 0 fully saturated rings. The van der Waals surface area contributed by atoms with Crippen molar-refractivity contribution in [1.82, 2.24) is 14.8 Å². The molecular weight excluding hydrogens is 482 g/mol. The van der Waals surface area contributed by atoms with Gasteiger partial charge in [-0.25, -0.2) is 0 Å². The van der Waals surface area contributed by atoms with E-state index in [1.54, 1.807) is 0 Å². The molecule has 0 aliphatic carbocycles. The van der Waals surface area contributed by atoms with Crippen LogP contribution in [-0.4, -0.2) is 42.1 Å². The predicted molar refractivity (Wildman–Crippen MR) is 160 cm³/mol. The summed E-state index contributed by atoms with van der Waals surface area (Å²) in [7, 11) is 4.31. The Kier molecular flexibility index (Phi) is 8.37. The molecule has 0 saturated heterocycles. The van der Waals surface area contributed by atoms with E-state index in [0.717, 1.165) is 50.1 Å². The fraction of sp³-hybridized carbons (Fsp3) is 0.382. The third-order valence-electron chi connectivity index (χ3n) is 8.04. The van der Waals surface area contributed by atoms with Gasteiger partial charge in [0.25, 0.3) is 5.91 Å². The summed E-state index contributed by atoms with van der Waals surface area (Å²) in [5, 5.41) is 4.44. The molecule has 2 heterocycles. The third-order valence-corrected chi connectivity index (χ3v) is 8.04. The van der Waals surface area contributed by atoms with Gasteiger partial charge in [-0.1, -0.05) is 36.4 Å². The van der Waals surface area contributed by atoms with Crippen molar-refractivity contribution < 1.29 is 9.53 Å². The van der Waals surface area contributed by atoms with Gasteiger partial charge >= 0.3 is 0 Å². The topological polar surface area (TPSA) is 46.5 Å². The van der Waals surface area contributed by atoms with E-state index in [1.807, 2.05) is 18.2 Å². The maximum atomic E-state index is 13.2. The maximum Gasteiger partial charge on any atom is 0.251 e. The molecule has 1 N–H and O–H groups in total. The minimum atomic E-state index is -0.0405. The van der Waals surface area contributed by atoms with Gasteiger partial charge in [0, 0.05) is 48.7 Å². The molecule has 1 aromatic heterocycles. The lowest BCUT2D eigenvalue weighted by Gasteiger charge is -2.19. The van der Waals surface area contributed by atoms with E-state index in [4.69, 9.17) is 4.74 Å². The van der Waals surface area contributed by atoms with Crippen LogP contribution in [0.25, 0.3) is 10.9 Å². The molecule has 0 spiro atoms. The summed E-state index contributed by atoms with van der Waals surface area (Å²) in [6.45, 7) is 7.63. The van der Waals surface area contributed by atoms with Crippen LogP contribution in [0, 0.1) is 13.8 Å². The number of hydrogen-bond acceptors (Lipinski definition) is 3. The number of aromatic nitrogens is 1. The first-order valence-corrected chi connectivity index (χ1v) is 14.2. The Balaban J connectivity index is 1.32. The van der Waals surface area contributed by atoms with Gasteiger partial charge in [0.15, 0.2) is 0 Å². The highest BCUT2D eigenvalue weighted by Crippen LogP contribution is 2.27. The SMILES string of the molecule is Cc1ccc2c(CCNC(=O)c3ccc4c(c3)Cc3cccc(c3)CN(C)CCCCCO4)c(C)n(C)c2c1. The van der Waals surface area contributed by atoms with Crippen LogP contribution in [0.5, 0.6) is 5.75 Å². The first-order valence-electron chi connectivity index (χ1n) is 14.2. The minimum Gasteiger partial charge on any atom is -0.493 e. The summed E-state index contributed by atoms with van der Waals surface area (Å²) in [6.07, 6.45) is 4.89. The van der Waals surface area contributed by atoms with E-state index in [1.165, 1.54) is 45.3 Å². The van der Waals surface area contributed by atoms with Crippen molar-refractivity contribution in [2.24, 2.45) is 7.05 Å². The largest absolute Gasteiger partial charge is 0.493 e. The Morgan fingerprint density at radius 3 is 2.67 bits per heavy atom. The molecule has 5 heteroatoms. The van der Waals surface area contributed by atoms with Crippen molar-refractivity contribution in [2.75, 3.05) is 26.7 Å². The van der Waals surface area contributed by atoms with Crippen molar-refractivity contribution in [3.05, 3.63) is 99.7 Å². The molecule has 0 radical (unpaired) electrons. The average molecular weight is 524 g/mol. The van der Waals surface area contributed by atoms with Crippen molar-refractivity contribution in [3.63, 3.8) is 0 Å². The van der Waals surface area contributed by atoms with Crippen LogP contribution in [0.3, 0.4) is 0 Å². The minimum absolute atomic E-state index is 0.0405. The molecule has 0 atom stereocenters. The zero-order chi connectivity index (χ0) is 27.4. The molecule has 5 rings (SSSR count). The van der Waals surface area contributed by atoms with Crippen LogP contribution < -0.4 is 10.1 Å². The molecule has 2 bridgehead atoms. The number of hydrogen-bond donors (Lipinski definition) is 1. The number of carbonyl (C=O) groups excluding carboxylic acids is 1. The van der Waals surface area contributed by atoms with E-state index in [-0.39, 0.29) is 5.91 Å². The lowest BCUT2D eigenvalue weighted by atomic mass is 9.99. The number of fused-ring (bicyclic) bond motifs is 4. The third kappa shape index (κ3) is 6.36. The number of benzene rings is 3. The van der Waals surface area contributed by atoms with Gasteiger partial charge in [0.1, 0.15) is 5.75 Å².